The number of aryl methyl sites for hydroxylation is 1. The SMILES string of the molecule is CCCc1ccccc1NC(N)=NC(C)C. The first-order chi connectivity index (χ1) is 7.63. The van der Waals surface area contributed by atoms with Crippen molar-refractivity contribution in [3.63, 3.8) is 0 Å². The molecule has 0 spiro atoms. The molecule has 0 aromatic heterocycles. The van der Waals surface area contributed by atoms with Gasteiger partial charge in [0.1, 0.15) is 0 Å². The molecule has 0 amide bonds. The fourth-order valence-corrected chi connectivity index (χ4v) is 1.58. The fourth-order valence-electron chi connectivity index (χ4n) is 1.58. The average molecular weight is 219 g/mol. The summed E-state index contributed by atoms with van der Waals surface area (Å²) in [6, 6.07) is 8.42. The predicted molar refractivity (Wildman–Crippen MR) is 70.8 cm³/mol. The molecule has 0 saturated carbocycles. The molecule has 3 heteroatoms. The van der Waals surface area contributed by atoms with Crippen molar-refractivity contribution in [1.82, 2.24) is 0 Å². The van der Waals surface area contributed by atoms with Gasteiger partial charge in [0.15, 0.2) is 5.96 Å². The summed E-state index contributed by atoms with van der Waals surface area (Å²) in [6.07, 6.45) is 2.18. The van der Waals surface area contributed by atoms with E-state index in [4.69, 9.17) is 5.73 Å². The number of nitrogens with one attached hydrogen (secondary N) is 1. The molecule has 0 aliphatic heterocycles. The molecule has 1 aromatic carbocycles. The molecule has 3 nitrogen and oxygen atoms in total. The Morgan fingerprint density at radius 3 is 2.69 bits per heavy atom. The minimum absolute atomic E-state index is 0.214. The van der Waals surface area contributed by atoms with Gasteiger partial charge in [0.2, 0.25) is 0 Å². The van der Waals surface area contributed by atoms with E-state index in [9.17, 15) is 0 Å². The maximum absolute atomic E-state index is 5.81. The van der Waals surface area contributed by atoms with E-state index in [0.717, 1.165) is 18.5 Å². The van der Waals surface area contributed by atoms with Crippen LogP contribution in [0.25, 0.3) is 0 Å². The van der Waals surface area contributed by atoms with Crippen LogP contribution in [-0.2, 0) is 6.42 Å². The van der Waals surface area contributed by atoms with E-state index in [0.29, 0.717) is 5.96 Å². The molecular formula is C13H21N3. The molecule has 0 radical (unpaired) electrons. The number of guanidine groups is 1. The summed E-state index contributed by atoms with van der Waals surface area (Å²) in [5, 5.41) is 3.15. The Labute approximate surface area is 97.8 Å². The maximum Gasteiger partial charge on any atom is 0.193 e. The second-order valence-corrected chi connectivity index (χ2v) is 4.14. The molecule has 0 fully saturated rings. The van der Waals surface area contributed by atoms with Crippen molar-refractivity contribution in [2.24, 2.45) is 10.7 Å². The highest BCUT2D eigenvalue weighted by molar-refractivity contribution is 5.93. The number of nitrogens with two attached hydrogens (primary N) is 1. The van der Waals surface area contributed by atoms with Crippen LogP contribution in [0.15, 0.2) is 29.3 Å². The highest BCUT2D eigenvalue weighted by atomic mass is 15.1. The molecule has 16 heavy (non-hydrogen) atoms. The third-order valence-corrected chi connectivity index (χ3v) is 2.20. The molecule has 1 rings (SSSR count). The lowest BCUT2D eigenvalue weighted by molar-refractivity contribution is 0.833. The van der Waals surface area contributed by atoms with Gasteiger partial charge in [0, 0.05) is 11.7 Å². The number of hydrogen-bond donors (Lipinski definition) is 2. The zero-order valence-corrected chi connectivity index (χ0v) is 10.3. The molecule has 0 aliphatic carbocycles. The van der Waals surface area contributed by atoms with Gasteiger partial charge >= 0.3 is 0 Å². The van der Waals surface area contributed by atoms with Crippen molar-refractivity contribution in [3.8, 4) is 0 Å². The van der Waals surface area contributed by atoms with Crippen molar-refractivity contribution in [1.29, 1.82) is 0 Å². The van der Waals surface area contributed by atoms with Crippen molar-refractivity contribution < 1.29 is 0 Å². The van der Waals surface area contributed by atoms with Crippen LogP contribution >= 0.6 is 0 Å². The zero-order valence-electron chi connectivity index (χ0n) is 10.3. The predicted octanol–water partition coefficient (Wildman–Crippen LogP) is 2.77. The highest BCUT2D eigenvalue weighted by Crippen LogP contribution is 2.16. The van der Waals surface area contributed by atoms with Crippen LogP contribution in [0.2, 0.25) is 0 Å². The van der Waals surface area contributed by atoms with Gasteiger partial charge in [-0.25, -0.2) is 0 Å². The van der Waals surface area contributed by atoms with Crippen LogP contribution < -0.4 is 11.1 Å². The summed E-state index contributed by atoms with van der Waals surface area (Å²) in [5.41, 5.74) is 8.16. The second kappa shape index (κ2) is 6.16. The first-order valence-corrected chi connectivity index (χ1v) is 5.81. The Bertz CT molecular complexity index is 356. The van der Waals surface area contributed by atoms with Crippen LogP contribution in [0.1, 0.15) is 32.8 Å². The number of nitrogens with zero attached hydrogens (tertiary/aromatic N) is 1. The molecule has 0 bridgehead atoms. The summed E-state index contributed by atoms with van der Waals surface area (Å²) < 4.78 is 0. The third kappa shape index (κ3) is 3.93. The van der Waals surface area contributed by atoms with Crippen LogP contribution in [0.3, 0.4) is 0 Å². The fraction of sp³-hybridized carbons (Fsp3) is 0.462. The van der Waals surface area contributed by atoms with E-state index >= 15 is 0 Å². The first kappa shape index (κ1) is 12.6. The van der Waals surface area contributed by atoms with E-state index < -0.39 is 0 Å². The quantitative estimate of drug-likeness (QED) is 0.604. The van der Waals surface area contributed by atoms with Gasteiger partial charge in [0.25, 0.3) is 0 Å². The Morgan fingerprint density at radius 1 is 1.38 bits per heavy atom. The van der Waals surface area contributed by atoms with Crippen LogP contribution in [-0.4, -0.2) is 12.0 Å². The van der Waals surface area contributed by atoms with E-state index in [1.165, 1.54) is 5.56 Å². The number of aliphatic imine (C=N–C) groups is 1. The van der Waals surface area contributed by atoms with Crippen LogP contribution in [0, 0.1) is 0 Å². The molecule has 88 valence electrons. The van der Waals surface area contributed by atoms with Gasteiger partial charge in [-0.2, -0.15) is 0 Å². The summed E-state index contributed by atoms with van der Waals surface area (Å²) >= 11 is 0. The molecular weight excluding hydrogens is 198 g/mol. The lowest BCUT2D eigenvalue weighted by atomic mass is 10.1. The zero-order chi connectivity index (χ0) is 12.0. The van der Waals surface area contributed by atoms with Crippen molar-refractivity contribution >= 4 is 11.6 Å². The topological polar surface area (TPSA) is 50.4 Å². The van der Waals surface area contributed by atoms with Gasteiger partial charge < -0.3 is 11.1 Å². The Kier molecular flexibility index (Phi) is 4.83. The number of benzene rings is 1. The highest BCUT2D eigenvalue weighted by Gasteiger charge is 2.01. The molecule has 0 unspecified atom stereocenters. The van der Waals surface area contributed by atoms with Gasteiger partial charge in [-0.3, -0.25) is 4.99 Å². The van der Waals surface area contributed by atoms with E-state index in [1.54, 1.807) is 0 Å². The van der Waals surface area contributed by atoms with Crippen molar-refractivity contribution in [2.45, 2.75) is 39.7 Å². The minimum atomic E-state index is 0.214. The maximum atomic E-state index is 5.81. The largest absolute Gasteiger partial charge is 0.370 e. The molecule has 0 atom stereocenters. The number of anilines is 1. The normalized spacial score (nSPS) is 11.9. The van der Waals surface area contributed by atoms with E-state index in [-0.39, 0.29) is 6.04 Å². The standard InChI is InChI=1S/C13H21N3/c1-4-7-11-8-5-6-9-12(11)16-13(14)15-10(2)3/h5-6,8-10H,4,7H2,1-3H3,(H3,14,15,16). The van der Waals surface area contributed by atoms with Crippen molar-refractivity contribution in [2.75, 3.05) is 5.32 Å². The van der Waals surface area contributed by atoms with E-state index in [2.05, 4.69) is 23.3 Å². The summed E-state index contributed by atoms with van der Waals surface area (Å²) in [4.78, 5) is 4.26. The Balaban J connectivity index is 2.80. The monoisotopic (exact) mass is 219 g/mol. The third-order valence-electron chi connectivity index (χ3n) is 2.20. The van der Waals surface area contributed by atoms with Gasteiger partial charge in [-0.1, -0.05) is 31.5 Å². The van der Waals surface area contributed by atoms with Gasteiger partial charge in [-0.15, -0.1) is 0 Å². The van der Waals surface area contributed by atoms with Crippen LogP contribution in [0.5, 0.6) is 0 Å². The summed E-state index contributed by atoms with van der Waals surface area (Å²) in [5.74, 6) is 0.485. The summed E-state index contributed by atoms with van der Waals surface area (Å²) in [7, 11) is 0. The Morgan fingerprint density at radius 2 is 2.06 bits per heavy atom. The van der Waals surface area contributed by atoms with Gasteiger partial charge in [0.05, 0.1) is 0 Å². The molecule has 0 aliphatic rings. The van der Waals surface area contributed by atoms with E-state index in [1.807, 2.05) is 32.0 Å². The summed E-state index contributed by atoms with van der Waals surface area (Å²) in [6.45, 7) is 6.18. The number of para-hydroxylation sites is 1. The molecule has 0 saturated heterocycles. The molecule has 1 aromatic rings. The Hall–Kier alpha value is -1.51. The average Bonchev–Trinajstić information content (AvgIpc) is 2.20. The minimum Gasteiger partial charge on any atom is -0.370 e. The second-order valence-electron chi connectivity index (χ2n) is 4.14. The number of rotatable bonds is 4. The molecule has 3 N–H and O–H groups in total. The van der Waals surface area contributed by atoms with Crippen molar-refractivity contribution in [3.05, 3.63) is 29.8 Å². The lowest BCUT2D eigenvalue weighted by Gasteiger charge is -2.11. The van der Waals surface area contributed by atoms with Gasteiger partial charge in [-0.05, 0) is 31.9 Å². The number of hydrogen-bond acceptors (Lipinski definition) is 1. The first-order valence-electron chi connectivity index (χ1n) is 5.81. The van der Waals surface area contributed by atoms with Crippen LogP contribution in [0.4, 0.5) is 5.69 Å². The smallest absolute Gasteiger partial charge is 0.193 e. The molecule has 0 heterocycles. The lowest BCUT2D eigenvalue weighted by Crippen LogP contribution is -2.24.